The average molecular weight is 326 g/mol. The van der Waals surface area contributed by atoms with Gasteiger partial charge in [0, 0.05) is 11.5 Å². The Labute approximate surface area is 149 Å². The normalized spacial score (nSPS) is 11.4. The molecule has 0 aliphatic rings. The van der Waals surface area contributed by atoms with E-state index in [2.05, 4.69) is 94.0 Å². The zero-order chi connectivity index (χ0) is 17.7. The molecule has 0 atom stereocenters. The van der Waals surface area contributed by atoms with Crippen LogP contribution in [0.2, 0.25) is 0 Å². The van der Waals surface area contributed by atoms with Crippen molar-refractivity contribution < 1.29 is 4.57 Å². The number of nitrogens with zero attached hydrogens (tertiary/aromatic N) is 1. The lowest BCUT2D eigenvalue weighted by Gasteiger charge is -2.13. The highest BCUT2D eigenvalue weighted by Crippen LogP contribution is 2.34. The van der Waals surface area contributed by atoms with Gasteiger partial charge >= 0.3 is 0 Å². The second-order valence-corrected chi connectivity index (χ2v) is 7.23. The molecule has 0 bridgehead atoms. The van der Waals surface area contributed by atoms with Gasteiger partial charge in [-0.25, -0.2) is 4.57 Å². The third kappa shape index (κ3) is 2.42. The summed E-state index contributed by atoms with van der Waals surface area (Å²) >= 11 is 0. The van der Waals surface area contributed by atoms with Crippen molar-refractivity contribution in [3.63, 3.8) is 0 Å². The van der Waals surface area contributed by atoms with Crippen LogP contribution in [0.5, 0.6) is 0 Å². The first-order chi connectivity index (χ1) is 12.0. The van der Waals surface area contributed by atoms with Crippen molar-refractivity contribution >= 4 is 21.5 Å². The Morgan fingerprint density at radius 3 is 2.20 bits per heavy atom. The van der Waals surface area contributed by atoms with Crippen LogP contribution in [0.3, 0.4) is 0 Å². The summed E-state index contributed by atoms with van der Waals surface area (Å²) in [6, 6.07) is 18.0. The topological polar surface area (TPSA) is 3.88 Å². The second-order valence-electron chi connectivity index (χ2n) is 7.23. The lowest BCUT2D eigenvalue weighted by Crippen LogP contribution is -2.30. The molecule has 1 nitrogen and oxygen atoms in total. The van der Waals surface area contributed by atoms with E-state index in [1.165, 1.54) is 55.1 Å². The SMILES string of the molecule is Cc1cc(C)c(C)c(-c2c3ccc4c(C)cccc4c3cc[n+]2C)c1. The Kier molecular flexibility index (Phi) is 3.61. The lowest BCUT2D eigenvalue weighted by molar-refractivity contribution is -0.659. The van der Waals surface area contributed by atoms with Crippen LogP contribution in [0, 0.1) is 27.7 Å². The van der Waals surface area contributed by atoms with Crippen molar-refractivity contribution in [1.29, 1.82) is 0 Å². The fourth-order valence-electron chi connectivity index (χ4n) is 4.00. The van der Waals surface area contributed by atoms with Gasteiger partial charge in [0.15, 0.2) is 6.20 Å². The molecule has 4 rings (SSSR count). The maximum atomic E-state index is 2.32. The van der Waals surface area contributed by atoms with Gasteiger partial charge in [-0.05, 0) is 67.3 Å². The second kappa shape index (κ2) is 5.70. The Hall–Kier alpha value is -2.67. The van der Waals surface area contributed by atoms with E-state index in [0.29, 0.717) is 0 Å². The molecule has 0 saturated carbocycles. The molecule has 0 fully saturated rings. The van der Waals surface area contributed by atoms with Gasteiger partial charge in [-0.2, -0.15) is 0 Å². The largest absolute Gasteiger partial charge is 0.220 e. The third-order valence-corrected chi connectivity index (χ3v) is 5.46. The Balaban J connectivity index is 2.17. The van der Waals surface area contributed by atoms with Crippen LogP contribution in [0.4, 0.5) is 0 Å². The summed E-state index contributed by atoms with van der Waals surface area (Å²) in [6.45, 7) is 8.80. The molecular formula is C24H24N+. The molecule has 25 heavy (non-hydrogen) atoms. The zero-order valence-corrected chi connectivity index (χ0v) is 15.6. The lowest BCUT2D eigenvalue weighted by atomic mass is 9.92. The molecule has 3 aromatic carbocycles. The highest BCUT2D eigenvalue weighted by Gasteiger charge is 2.19. The van der Waals surface area contributed by atoms with Gasteiger partial charge in [-0.3, -0.25) is 0 Å². The summed E-state index contributed by atoms with van der Waals surface area (Å²) in [5.74, 6) is 0. The monoisotopic (exact) mass is 326 g/mol. The number of pyridine rings is 1. The van der Waals surface area contributed by atoms with E-state index in [0.717, 1.165) is 0 Å². The first-order valence-electron chi connectivity index (χ1n) is 8.86. The van der Waals surface area contributed by atoms with Crippen molar-refractivity contribution in [2.75, 3.05) is 0 Å². The smallest absolute Gasteiger partial charge is 0.200 e. The summed E-state index contributed by atoms with van der Waals surface area (Å²) in [5, 5.41) is 5.32. The number of aryl methyl sites for hydroxylation is 4. The molecule has 0 saturated heterocycles. The van der Waals surface area contributed by atoms with Crippen LogP contribution >= 0.6 is 0 Å². The zero-order valence-electron chi connectivity index (χ0n) is 15.6. The predicted molar refractivity (Wildman–Crippen MR) is 107 cm³/mol. The Morgan fingerprint density at radius 2 is 1.40 bits per heavy atom. The summed E-state index contributed by atoms with van der Waals surface area (Å²) in [4.78, 5) is 0. The first-order valence-corrected chi connectivity index (χ1v) is 8.86. The molecule has 1 heterocycles. The molecule has 0 unspecified atom stereocenters. The molecule has 0 radical (unpaired) electrons. The molecule has 0 aliphatic heterocycles. The molecule has 0 spiro atoms. The van der Waals surface area contributed by atoms with Gasteiger partial charge < -0.3 is 0 Å². The van der Waals surface area contributed by atoms with Crippen LogP contribution in [0.25, 0.3) is 32.8 Å². The molecule has 1 aromatic heterocycles. The maximum Gasteiger partial charge on any atom is 0.220 e. The van der Waals surface area contributed by atoms with Gasteiger partial charge in [0.05, 0.1) is 10.9 Å². The van der Waals surface area contributed by atoms with Crippen molar-refractivity contribution in [2.24, 2.45) is 7.05 Å². The summed E-state index contributed by atoms with van der Waals surface area (Å²) < 4.78 is 2.26. The quantitative estimate of drug-likeness (QED) is 0.311. The highest BCUT2D eigenvalue weighted by molar-refractivity contribution is 6.11. The number of rotatable bonds is 1. The van der Waals surface area contributed by atoms with Crippen molar-refractivity contribution in [3.8, 4) is 11.3 Å². The predicted octanol–water partition coefficient (Wildman–Crippen LogP) is 5.72. The number of aromatic nitrogens is 1. The van der Waals surface area contributed by atoms with Crippen LogP contribution in [0.1, 0.15) is 22.3 Å². The molecular weight excluding hydrogens is 302 g/mol. The molecule has 0 N–H and O–H groups in total. The van der Waals surface area contributed by atoms with Crippen LogP contribution < -0.4 is 4.57 Å². The Bertz CT molecular complexity index is 1140. The Morgan fingerprint density at radius 1 is 0.680 bits per heavy atom. The van der Waals surface area contributed by atoms with Gasteiger partial charge in [0.1, 0.15) is 7.05 Å². The van der Waals surface area contributed by atoms with E-state index in [-0.39, 0.29) is 0 Å². The van der Waals surface area contributed by atoms with Crippen LogP contribution in [0.15, 0.2) is 54.7 Å². The molecule has 1 heteroatoms. The van der Waals surface area contributed by atoms with E-state index in [1.54, 1.807) is 0 Å². The van der Waals surface area contributed by atoms with Gasteiger partial charge in [-0.1, -0.05) is 35.9 Å². The van der Waals surface area contributed by atoms with Gasteiger partial charge in [0.25, 0.3) is 0 Å². The van der Waals surface area contributed by atoms with Crippen LogP contribution in [-0.2, 0) is 7.05 Å². The summed E-state index contributed by atoms with van der Waals surface area (Å²) in [5.41, 5.74) is 7.98. The summed E-state index contributed by atoms with van der Waals surface area (Å²) in [6.07, 6.45) is 2.19. The first kappa shape index (κ1) is 15.8. The molecule has 124 valence electrons. The molecule has 4 aromatic rings. The fourth-order valence-corrected chi connectivity index (χ4v) is 4.00. The van der Waals surface area contributed by atoms with E-state index in [1.807, 2.05) is 0 Å². The number of hydrogen-bond donors (Lipinski definition) is 0. The van der Waals surface area contributed by atoms with Crippen LogP contribution in [-0.4, -0.2) is 0 Å². The van der Waals surface area contributed by atoms with Gasteiger partial charge in [0.2, 0.25) is 5.69 Å². The molecule has 0 aliphatic carbocycles. The average Bonchev–Trinajstić information content (AvgIpc) is 2.58. The van der Waals surface area contributed by atoms with Crippen molar-refractivity contribution in [3.05, 3.63) is 77.0 Å². The number of hydrogen-bond acceptors (Lipinski definition) is 0. The van der Waals surface area contributed by atoms with Crippen molar-refractivity contribution in [1.82, 2.24) is 0 Å². The van der Waals surface area contributed by atoms with E-state index in [9.17, 15) is 0 Å². The maximum absolute atomic E-state index is 2.32. The summed E-state index contributed by atoms with van der Waals surface area (Å²) in [7, 11) is 2.15. The number of benzene rings is 3. The minimum Gasteiger partial charge on any atom is -0.200 e. The van der Waals surface area contributed by atoms with E-state index < -0.39 is 0 Å². The minimum absolute atomic E-state index is 1.30. The fraction of sp³-hybridized carbons (Fsp3) is 0.208. The van der Waals surface area contributed by atoms with E-state index >= 15 is 0 Å². The molecule has 0 amide bonds. The van der Waals surface area contributed by atoms with Crippen molar-refractivity contribution in [2.45, 2.75) is 27.7 Å². The van der Waals surface area contributed by atoms with Gasteiger partial charge in [-0.15, -0.1) is 0 Å². The van der Waals surface area contributed by atoms with E-state index in [4.69, 9.17) is 0 Å². The number of fused-ring (bicyclic) bond motifs is 3. The third-order valence-electron chi connectivity index (χ3n) is 5.46. The standard InChI is InChI=1S/C24H24N/c1-15-13-17(3)18(4)23(14-15)24-22-10-9-19-16(2)7-6-8-20(19)21(22)11-12-25(24)5/h6-14H,1-5H3/q+1. The minimum atomic E-state index is 1.30. The highest BCUT2D eigenvalue weighted by atomic mass is 14.9.